The third-order valence-electron chi connectivity index (χ3n) is 24.6. The number of nitrogens with one attached hydrogen (secondary N) is 4. The van der Waals surface area contributed by atoms with Crippen LogP contribution in [-0.4, -0.2) is 57.1 Å². The Kier molecular flexibility index (Phi) is 20.3. The lowest BCUT2D eigenvalue weighted by Gasteiger charge is -2.31. The summed E-state index contributed by atoms with van der Waals surface area (Å²) in [6.45, 7) is -1.46. The molecule has 0 saturated heterocycles. The molecular formula is C92H30F36N10O2. The van der Waals surface area contributed by atoms with Crippen LogP contribution in [0.25, 0.3) is 155 Å². The first-order valence-electron chi connectivity index (χ1n) is 39.5. The van der Waals surface area contributed by atoms with Crippen molar-refractivity contribution in [1.29, 1.82) is 0 Å². The van der Waals surface area contributed by atoms with Crippen molar-refractivity contribution in [2.45, 2.75) is 24.0 Å². The Morgan fingerprint density at radius 2 is 0.536 bits per heavy atom. The number of likely N-dealkylation sites (N-methyl/N-ethyl adjacent to an activating group) is 2. The molecule has 0 unspecified atom stereocenters. The van der Waals surface area contributed by atoms with Gasteiger partial charge in [0.05, 0.1) is 90.3 Å². The molecule has 4 N–H and O–H groups in total. The normalized spacial score (nSPS) is 15.4. The van der Waals surface area contributed by atoms with Gasteiger partial charge in [-0.15, -0.1) is 20.9 Å². The van der Waals surface area contributed by atoms with Gasteiger partial charge >= 0.3 is 0 Å². The van der Waals surface area contributed by atoms with Gasteiger partial charge in [0.1, 0.15) is 22.3 Å². The van der Waals surface area contributed by atoms with Crippen LogP contribution in [0.15, 0.2) is 72.8 Å². The molecule has 8 aromatic carbocycles. The van der Waals surface area contributed by atoms with Gasteiger partial charge in [0.2, 0.25) is 75.6 Å². The van der Waals surface area contributed by atoms with Crippen molar-refractivity contribution < 1.29 is 168 Å². The van der Waals surface area contributed by atoms with Crippen molar-refractivity contribution in [1.82, 2.24) is 39.9 Å². The quantitative estimate of drug-likeness (QED) is 0.0591. The summed E-state index contributed by atoms with van der Waals surface area (Å²) in [4.78, 5) is 28.7. The number of fused-ring (bicyclic) bond motifs is 26. The molecule has 0 radical (unpaired) electrons. The summed E-state index contributed by atoms with van der Waals surface area (Å²) in [5.74, 6) is -93.2. The molecule has 140 heavy (non-hydrogen) atoms. The van der Waals surface area contributed by atoms with E-state index in [4.69, 9.17) is 9.47 Å². The highest BCUT2D eigenvalue weighted by molar-refractivity contribution is 6.05. The van der Waals surface area contributed by atoms with Gasteiger partial charge in [-0.25, -0.2) is 119 Å². The number of nitrogens with zero attached hydrogens (tertiary/aromatic N) is 6. The van der Waals surface area contributed by atoms with E-state index in [1.807, 2.05) is 0 Å². The van der Waals surface area contributed by atoms with Crippen LogP contribution in [0.3, 0.4) is 0 Å². The van der Waals surface area contributed by atoms with E-state index in [9.17, 15) is 17.6 Å². The van der Waals surface area contributed by atoms with Crippen molar-refractivity contribution in [3.8, 4) is 101 Å². The van der Waals surface area contributed by atoms with Crippen LogP contribution in [0, 0.1) is 209 Å². The van der Waals surface area contributed by atoms with Gasteiger partial charge in [-0.2, -0.15) is 39.5 Å². The van der Waals surface area contributed by atoms with Crippen molar-refractivity contribution in [3.63, 3.8) is 0 Å². The molecule has 0 spiro atoms. The number of aromatic amines is 4. The first-order chi connectivity index (χ1) is 66.3. The van der Waals surface area contributed by atoms with Crippen molar-refractivity contribution in [3.05, 3.63) is 305 Å². The Balaban J connectivity index is 0.000000166. The maximum absolute atomic E-state index is 16.5. The largest absolute Gasteiger partial charge is 0.657 e. The van der Waals surface area contributed by atoms with Crippen LogP contribution < -0.4 is 29.2 Å². The van der Waals surface area contributed by atoms with Gasteiger partial charge in [-0.1, -0.05) is 17.6 Å². The molecule has 48 heteroatoms. The summed E-state index contributed by atoms with van der Waals surface area (Å²) >= 11 is 0. The van der Waals surface area contributed by atoms with E-state index < -0.39 is 447 Å². The van der Waals surface area contributed by atoms with E-state index in [0.29, 0.717) is 12.1 Å². The van der Waals surface area contributed by atoms with Gasteiger partial charge in [-0.3, -0.25) is 4.98 Å². The fourth-order valence-corrected chi connectivity index (χ4v) is 18.6. The molecular weight excluding hydrogens is 1960 g/mol. The van der Waals surface area contributed by atoms with Gasteiger partial charge in [0.25, 0.3) is 11.6 Å². The molecule has 16 bridgehead atoms. The number of benzene rings is 8. The molecule has 0 saturated carbocycles. The minimum atomic E-state index is -2.66. The molecule has 0 fully saturated rings. The Hall–Kier alpha value is -15.8. The molecule has 4 atom stereocenters. The minimum Gasteiger partial charge on any atom is -0.657 e. The van der Waals surface area contributed by atoms with Crippen LogP contribution in [0.4, 0.5) is 169 Å². The smallest absolute Gasteiger partial charge is 0.256 e. The molecule has 8 aromatic heterocycles. The molecule has 0 amide bonds. The standard InChI is InChI=1S/2C46H15F18N5O/c2*1-69-8-9-42-18(22-28(51)34(57)38(61)40(63)44(22)69)14-6-4-12(66-14)16(20-24(47)30(53)36(59)31(54)25(20)48)10-2-3-11(65-10)17(21-26(49)32(55)37(60)33(56)27(21)50)13-5-7-15(67-13)19-23-29(52)35(58)39(62)41(64)46(23)70-45(9)43(19)68-42/h2*2-7,9,45,66-67H,8H2,1H3/t2*9-,45-/m11/s1. The fraction of sp³-hybridized carbons (Fsp3) is 0.0870. The number of H-pyrrole nitrogens is 4. The topological polar surface area (TPSA) is 142 Å². The van der Waals surface area contributed by atoms with Crippen LogP contribution in [0.2, 0.25) is 0 Å². The van der Waals surface area contributed by atoms with Crippen molar-refractivity contribution in [2.75, 3.05) is 37.0 Å². The summed E-state index contributed by atoms with van der Waals surface area (Å²) in [5.41, 5.74) is -33.3. The molecule has 12 nitrogen and oxygen atoms in total. The number of halogens is 36. The predicted molar refractivity (Wildman–Crippen MR) is 420 cm³/mol. The second kappa shape index (κ2) is 31.3. The Morgan fingerprint density at radius 3 is 0.957 bits per heavy atom. The zero-order valence-corrected chi connectivity index (χ0v) is 67.8. The summed E-state index contributed by atoms with van der Waals surface area (Å²) in [6.07, 6.45) is -3.85. The number of hydrogen-bond acceptors (Lipinski definition) is 6. The second-order valence-electron chi connectivity index (χ2n) is 32.0. The Morgan fingerprint density at radius 1 is 0.250 bits per heavy atom. The summed E-state index contributed by atoms with van der Waals surface area (Å²) in [5, 5.41) is 0. The predicted octanol–water partition coefficient (Wildman–Crippen LogP) is 26.5. The monoisotopic (exact) mass is 1990 g/mol. The fourth-order valence-electron chi connectivity index (χ4n) is 18.6. The Bertz CT molecular complexity index is 8160. The number of ether oxygens (including phenoxy) is 2. The average molecular weight is 1990 g/mol. The maximum atomic E-state index is 16.5. The lowest BCUT2D eigenvalue weighted by Crippen LogP contribution is -2.29. The summed E-state index contributed by atoms with van der Waals surface area (Å²) in [6, 6.07) is 9.56. The maximum Gasteiger partial charge on any atom is 0.256 e. The van der Waals surface area contributed by atoms with E-state index in [2.05, 4.69) is 39.9 Å². The Labute approximate surface area is 748 Å². The first kappa shape index (κ1) is 90.6. The first-order valence-corrected chi connectivity index (χ1v) is 39.5. The zero-order valence-electron chi connectivity index (χ0n) is 67.8. The molecule has 16 aromatic rings. The van der Waals surface area contributed by atoms with Gasteiger partial charge in [0, 0.05) is 84.1 Å². The number of anilines is 2. The van der Waals surface area contributed by atoms with E-state index in [0.717, 1.165) is 84.6 Å². The molecule has 6 aliphatic heterocycles. The van der Waals surface area contributed by atoms with E-state index in [-0.39, 0.29) is 0 Å². The minimum absolute atomic E-state index is 0.589. The van der Waals surface area contributed by atoms with Crippen LogP contribution >= 0.6 is 0 Å². The highest BCUT2D eigenvalue weighted by Gasteiger charge is 2.54. The molecule has 14 heterocycles. The van der Waals surface area contributed by atoms with Crippen molar-refractivity contribution >= 4 is 77.6 Å². The molecule has 6 aliphatic rings. The molecule has 712 valence electrons. The SMILES string of the molecule is CN1C[C@@H]2c3nc4[c+](c5ccc([nH]5)c(-c5c(F)c(F)c(F)c(F)c5F)c5ccc([n-]5)c(-c5c(F)c(F)c(F)c(F)c5F)c5ccc([nH]5)c3-c3c(F)c(F)c(F)c(F)c31)-c1c(F)c(F)c(F)c(F)c1O[C@@H]42.CN1C[C@@H]2c3nc4c(c5ccc([nH]5)c(-c5c(F)c(F)c(F)c(F)c5F)c5ccc([n-]5)[c+](-c5c(F)c(F)c(F)c(F)c5F)c5ccc([nH]5)c3-c3c(F)c(F)c(F)c(F)c31)-c1c(F)c(F)c(F)c(F)c1O[C@@H]42. The number of rotatable bonds is 4. The average Bonchev–Trinajstić information content (AvgIpc) is 1.50. The third-order valence-corrected chi connectivity index (χ3v) is 24.6. The van der Waals surface area contributed by atoms with Gasteiger partial charge in [-0.05, 0) is 59.2 Å². The molecule has 0 aliphatic carbocycles. The summed E-state index contributed by atoms with van der Waals surface area (Å²) in [7, 11) is 2.03. The van der Waals surface area contributed by atoms with E-state index in [1.54, 1.807) is 0 Å². The van der Waals surface area contributed by atoms with Crippen LogP contribution in [0.1, 0.15) is 46.8 Å². The van der Waals surface area contributed by atoms with Crippen LogP contribution in [0.5, 0.6) is 11.5 Å². The zero-order chi connectivity index (χ0) is 100. The van der Waals surface area contributed by atoms with E-state index in [1.165, 1.54) is 0 Å². The third kappa shape index (κ3) is 12.3. The molecule has 22 rings (SSSR count). The number of aromatic nitrogens is 8. The number of hydrogen-bond donors (Lipinski definition) is 4. The lowest BCUT2D eigenvalue weighted by molar-refractivity contribution is 0.166. The van der Waals surface area contributed by atoms with Crippen molar-refractivity contribution in [2.24, 2.45) is 0 Å². The van der Waals surface area contributed by atoms with Crippen LogP contribution in [-0.2, 0) is 0 Å². The second-order valence-corrected chi connectivity index (χ2v) is 32.0. The van der Waals surface area contributed by atoms with Gasteiger partial charge in [0.15, 0.2) is 157 Å². The summed E-state index contributed by atoms with van der Waals surface area (Å²) < 4.78 is 569. The lowest BCUT2D eigenvalue weighted by atomic mass is 9.89. The van der Waals surface area contributed by atoms with Gasteiger partial charge < -0.3 is 49.2 Å². The van der Waals surface area contributed by atoms with E-state index >= 15 is 140 Å². The highest BCUT2D eigenvalue weighted by atomic mass is 19.2. The highest BCUT2D eigenvalue weighted by Crippen LogP contribution is 2.61.